The molecule has 2 aromatic rings. The minimum atomic E-state index is 0.611. The molecule has 4 heteroatoms. The molecule has 0 bridgehead atoms. The van der Waals surface area contributed by atoms with Gasteiger partial charge in [-0.3, -0.25) is 10.1 Å². The van der Waals surface area contributed by atoms with Crippen LogP contribution in [-0.4, -0.2) is 28.3 Å². The molecule has 2 aromatic heterocycles. The van der Waals surface area contributed by atoms with Crippen molar-refractivity contribution in [2.24, 2.45) is 0 Å². The first-order chi connectivity index (χ1) is 9.25. The maximum atomic E-state index is 4.50. The molecule has 0 radical (unpaired) electrons. The number of hydrogen-bond donors (Lipinski definition) is 2. The number of piperidine rings is 1. The Hall–Kier alpha value is -1.68. The van der Waals surface area contributed by atoms with E-state index in [0.29, 0.717) is 5.92 Å². The van der Waals surface area contributed by atoms with E-state index in [9.17, 15) is 0 Å². The summed E-state index contributed by atoms with van der Waals surface area (Å²) in [4.78, 5) is 4.37. The molecule has 2 N–H and O–H groups in total. The van der Waals surface area contributed by atoms with Gasteiger partial charge < -0.3 is 5.32 Å². The van der Waals surface area contributed by atoms with E-state index in [1.165, 1.54) is 29.7 Å². The van der Waals surface area contributed by atoms with Crippen LogP contribution in [0.25, 0.3) is 11.3 Å². The molecule has 4 nitrogen and oxygen atoms in total. The Kier molecular flexibility index (Phi) is 3.34. The Morgan fingerprint density at radius 1 is 1.21 bits per heavy atom. The number of rotatable bonds is 2. The third-order valence-corrected chi connectivity index (χ3v) is 3.98. The van der Waals surface area contributed by atoms with Crippen LogP contribution in [0.2, 0.25) is 0 Å². The molecule has 0 amide bonds. The number of aryl methyl sites for hydroxylation is 2. The fourth-order valence-electron chi connectivity index (χ4n) is 2.89. The first-order valence-corrected chi connectivity index (χ1v) is 6.94. The fraction of sp³-hybridized carbons (Fsp3) is 0.467. The summed E-state index contributed by atoms with van der Waals surface area (Å²) in [6.07, 6.45) is 4.23. The van der Waals surface area contributed by atoms with Crippen LogP contribution < -0.4 is 5.32 Å². The van der Waals surface area contributed by atoms with E-state index in [1.54, 1.807) is 0 Å². The number of nitrogens with zero attached hydrogens (tertiary/aromatic N) is 2. The molecule has 0 aromatic carbocycles. The van der Waals surface area contributed by atoms with Crippen LogP contribution in [0.1, 0.15) is 35.7 Å². The predicted molar refractivity (Wildman–Crippen MR) is 76.1 cm³/mol. The van der Waals surface area contributed by atoms with E-state index < -0.39 is 0 Å². The quantitative estimate of drug-likeness (QED) is 0.868. The van der Waals surface area contributed by atoms with Gasteiger partial charge in [0.05, 0.1) is 5.69 Å². The van der Waals surface area contributed by atoms with Crippen molar-refractivity contribution in [3.8, 4) is 11.3 Å². The zero-order valence-electron chi connectivity index (χ0n) is 11.5. The second-order valence-corrected chi connectivity index (χ2v) is 5.32. The van der Waals surface area contributed by atoms with Crippen molar-refractivity contribution in [2.75, 3.05) is 13.1 Å². The van der Waals surface area contributed by atoms with Crippen molar-refractivity contribution in [2.45, 2.75) is 32.6 Å². The Morgan fingerprint density at radius 3 is 2.74 bits per heavy atom. The molecule has 0 spiro atoms. The van der Waals surface area contributed by atoms with Gasteiger partial charge in [-0.25, -0.2) is 0 Å². The van der Waals surface area contributed by atoms with Gasteiger partial charge in [-0.2, -0.15) is 5.10 Å². The van der Waals surface area contributed by atoms with E-state index in [-0.39, 0.29) is 0 Å². The maximum Gasteiger partial charge on any atom is 0.0944 e. The van der Waals surface area contributed by atoms with Crippen molar-refractivity contribution < 1.29 is 0 Å². The van der Waals surface area contributed by atoms with Crippen LogP contribution >= 0.6 is 0 Å². The van der Waals surface area contributed by atoms with E-state index in [4.69, 9.17) is 0 Å². The summed E-state index contributed by atoms with van der Waals surface area (Å²) in [5.41, 5.74) is 5.73. The van der Waals surface area contributed by atoms with Gasteiger partial charge in [-0.15, -0.1) is 0 Å². The Bertz CT molecular complexity index is 547. The summed E-state index contributed by atoms with van der Waals surface area (Å²) in [7, 11) is 0. The van der Waals surface area contributed by atoms with E-state index in [0.717, 1.165) is 24.5 Å². The molecule has 1 aliphatic heterocycles. The largest absolute Gasteiger partial charge is 0.317 e. The van der Waals surface area contributed by atoms with Crippen molar-refractivity contribution in [3.63, 3.8) is 0 Å². The number of aromatic amines is 1. The van der Waals surface area contributed by atoms with Crippen molar-refractivity contribution >= 4 is 0 Å². The summed E-state index contributed by atoms with van der Waals surface area (Å²) in [6, 6.07) is 4.24. The number of pyridine rings is 1. The van der Waals surface area contributed by atoms with Crippen LogP contribution in [0.4, 0.5) is 0 Å². The lowest BCUT2D eigenvalue weighted by atomic mass is 9.94. The second kappa shape index (κ2) is 5.13. The Balaban J connectivity index is 1.92. The highest BCUT2D eigenvalue weighted by Gasteiger charge is 2.18. The molecule has 0 atom stereocenters. The van der Waals surface area contributed by atoms with E-state index in [1.807, 2.05) is 19.2 Å². The van der Waals surface area contributed by atoms with Gasteiger partial charge in [0.25, 0.3) is 0 Å². The lowest BCUT2D eigenvalue weighted by Gasteiger charge is -2.20. The standard InChI is InChI=1S/C15H20N4/c1-10-3-8-17-11(2)15(10)14-9-13(18-19-14)12-4-6-16-7-5-12/h3,8-9,12,16H,4-7H2,1-2H3,(H,18,19). The number of nitrogens with one attached hydrogen (secondary N) is 2. The molecular formula is C15H20N4. The Labute approximate surface area is 113 Å². The molecule has 3 rings (SSSR count). The minimum absolute atomic E-state index is 0.611. The van der Waals surface area contributed by atoms with Gasteiger partial charge in [0.2, 0.25) is 0 Å². The van der Waals surface area contributed by atoms with Crippen LogP contribution in [0.15, 0.2) is 18.3 Å². The molecule has 3 heterocycles. The normalized spacial score (nSPS) is 16.7. The molecule has 0 saturated carbocycles. The van der Waals surface area contributed by atoms with Crippen LogP contribution in [0, 0.1) is 13.8 Å². The first kappa shape index (κ1) is 12.4. The molecule has 0 aliphatic carbocycles. The van der Waals surface area contributed by atoms with Gasteiger partial charge in [-0.1, -0.05) is 0 Å². The average Bonchev–Trinajstić information content (AvgIpc) is 2.89. The van der Waals surface area contributed by atoms with Crippen molar-refractivity contribution in [3.05, 3.63) is 35.3 Å². The smallest absolute Gasteiger partial charge is 0.0944 e. The number of hydrogen-bond acceptors (Lipinski definition) is 3. The maximum absolute atomic E-state index is 4.50. The van der Waals surface area contributed by atoms with Gasteiger partial charge in [-0.05, 0) is 57.5 Å². The second-order valence-electron chi connectivity index (χ2n) is 5.32. The van der Waals surface area contributed by atoms with Crippen molar-refractivity contribution in [1.82, 2.24) is 20.5 Å². The SMILES string of the molecule is Cc1ccnc(C)c1-c1cc(C2CCNCC2)[nH]n1. The molecule has 100 valence electrons. The van der Waals surface area contributed by atoms with Gasteiger partial charge in [0.15, 0.2) is 0 Å². The zero-order valence-corrected chi connectivity index (χ0v) is 11.5. The topological polar surface area (TPSA) is 53.6 Å². The number of H-pyrrole nitrogens is 1. The predicted octanol–water partition coefficient (Wildman–Crippen LogP) is 2.56. The summed E-state index contributed by atoms with van der Waals surface area (Å²) < 4.78 is 0. The monoisotopic (exact) mass is 256 g/mol. The van der Waals surface area contributed by atoms with Gasteiger partial charge in [0.1, 0.15) is 0 Å². The summed E-state index contributed by atoms with van der Waals surface area (Å²) in [6.45, 7) is 6.36. The minimum Gasteiger partial charge on any atom is -0.317 e. The molecule has 1 saturated heterocycles. The highest BCUT2D eigenvalue weighted by molar-refractivity contribution is 5.65. The lowest BCUT2D eigenvalue weighted by Crippen LogP contribution is -2.26. The van der Waals surface area contributed by atoms with Crippen molar-refractivity contribution in [1.29, 1.82) is 0 Å². The van der Waals surface area contributed by atoms with Crippen LogP contribution in [-0.2, 0) is 0 Å². The highest BCUT2D eigenvalue weighted by Crippen LogP contribution is 2.29. The summed E-state index contributed by atoms with van der Waals surface area (Å²) in [5.74, 6) is 0.611. The summed E-state index contributed by atoms with van der Waals surface area (Å²) >= 11 is 0. The highest BCUT2D eigenvalue weighted by atomic mass is 15.1. The average molecular weight is 256 g/mol. The van der Waals surface area contributed by atoms with Crippen LogP contribution in [0.5, 0.6) is 0 Å². The molecule has 0 unspecified atom stereocenters. The third kappa shape index (κ3) is 2.40. The zero-order chi connectivity index (χ0) is 13.2. The molecule has 1 fully saturated rings. The third-order valence-electron chi connectivity index (χ3n) is 3.98. The number of aromatic nitrogens is 3. The van der Waals surface area contributed by atoms with Crippen LogP contribution in [0.3, 0.4) is 0 Å². The first-order valence-electron chi connectivity index (χ1n) is 6.94. The molecule has 1 aliphatic rings. The van der Waals surface area contributed by atoms with Gasteiger partial charge >= 0.3 is 0 Å². The van der Waals surface area contributed by atoms with E-state index >= 15 is 0 Å². The Morgan fingerprint density at radius 2 is 2.00 bits per heavy atom. The molecule has 19 heavy (non-hydrogen) atoms. The fourth-order valence-corrected chi connectivity index (χ4v) is 2.89. The lowest BCUT2D eigenvalue weighted by molar-refractivity contribution is 0.453. The van der Waals surface area contributed by atoms with Gasteiger partial charge in [0, 0.05) is 29.1 Å². The summed E-state index contributed by atoms with van der Waals surface area (Å²) in [5, 5.41) is 11.1. The van der Waals surface area contributed by atoms with E-state index in [2.05, 4.69) is 33.5 Å². The molecular weight excluding hydrogens is 236 g/mol.